The second-order valence-electron chi connectivity index (χ2n) is 3.78. The van der Waals surface area contributed by atoms with Crippen LogP contribution in [0.15, 0.2) is 30.3 Å². The number of rotatable bonds is 3. The van der Waals surface area contributed by atoms with E-state index in [9.17, 15) is 22.8 Å². The average molecular weight is 276 g/mol. The fraction of sp³-hybridized carbons (Fsp3) is 0.333. The van der Waals surface area contributed by atoms with E-state index in [1.165, 1.54) is 24.3 Å². The Morgan fingerprint density at radius 3 is 2.00 bits per heavy atom. The Morgan fingerprint density at radius 2 is 1.58 bits per heavy atom. The first-order valence-corrected chi connectivity index (χ1v) is 5.16. The predicted molar refractivity (Wildman–Crippen MR) is 58.0 cm³/mol. The van der Waals surface area contributed by atoms with Gasteiger partial charge in [-0.1, -0.05) is 30.3 Å². The molecule has 0 radical (unpaired) electrons. The molecule has 104 valence electrons. The first kappa shape index (κ1) is 15.0. The third-order valence-corrected chi connectivity index (χ3v) is 2.43. The van der Waals surface area contributed by atoms with Crippen molar-refractivity contribution in [2.24, 2.45) is 0 Å². The first-order chi connectivity index (χ1) is 8.71. The van der Waals surface area contributed by atoms with Gasteiger partial charge in [0.05, 0.1) is 7.11 Å². The second kappa shape index (κ2) is 5.29. The van der Waals surface area contributed by atoms with E-state index in [0.717, 1.165) is 14.0 Å². The maximum absolute atomic E-state index is 12.2. The lowest BCUT2D eigenvalue weighted by Gasteiger charge is -2.27. The normalized spacial score (nSPS) is 14.4. The number of benzene rings is 1. The molecule has 0 heterocycles. The van der Waals surface area contributed by atoms with Crippen LogP contribution in [0.4, 0.5) is 13.2 Å². The lowest BCUT2D eigenvalue weighted by atomic mass is 9.96. The van der Waals surface area contributed by atoms with Crippen LogP contribution >= 0.6 is 0 Å². The Morgan fingerprint density at radius 1 is 1.05 bits per heavy atom. The molecule has 0 bridgehead atoms. The van der Waals surface area contributed by atoms with Gasteiger partial charge in [0.15, 0.2) is 0 Å². The highest BCUT2D eigenvalue weighted by atomic mass is 19.4. The number of esters is 2. The molecule has 0 unspecified atom stereocenters. The summed E-state index contributed by atoms with van der Waals surface area (Å²) in [5, 5.41) is 0. The molecule has 0 aromatic heterocycles. The van der Waals surface area contributed by atoms with Crippen molar-refractivity contribution in [2.45, 2.75) is 18.7 Å². The molecule has 0 N–H and O–H groups in total. The molecule has 1 aromatic rings. The predicted octanol–water partition coefficient (Wildman–Crippen LogP) is 2.18. The van der Waals surface area contributed by atoms with Crippen LogP contribution < -0.4 is 0 Å². The summed E-state index contributed by atoms with van der Waals surface area (Å²) in [6.45, 7) is 1.04. The molecule has 0 aliphatic rings. The van der Waals surface area contributed by atoms with Crippen molar-refractivity contribution in [1.82, 2.24) is 0 Å². The zero-order valence-electron chi connectivity index (χ0n) is 10.2. The molecule has 19 heavy (non-hydrogen) atoms. The molecule has 0 fully saturated rings. The van der Waals surface area contributed by atoms with Crippen LogP contribution in [0.2, 0.25) is 0 Å². The van der Waals surface area contributed by atoms with Crippen molar-refractivity contribution in [3.63, 3.8) is 0 Å². The zero-order valence-corrected chi connectivity index (χ0v) is 10.2. The maximum Gasteiger partial charge on any atom is 0.490 e. The molecule has 1 rings (SSSR count). The quantitative estimate of drug-likeness (QED) is 0.794. The summed E-state index contributed by atoms with van der Waals surface area (Å²) in [5.74, 6) is -3.56. The molecule has 0 aliphatic carbocycles. The number of hydrogen-bond donors (Lipinski definition) is 0. The number of ether oxygens (including phenoxy) is 2. The van der Waals surface area contributed by atoms with Crippen LogP contribution in [-0.2, 0) is 24.7 Å². The number of alkyl halides is 3. The Bertz CT molecular complexity index is 470. The number of carbonyl (C=O) groups excluding carboxylic acids is 2. The third kappa shape index (κ3) is 3.24. The fourth-order valence-corrected chi connectivity index (χ4v) is 1.41. The van der Waals surface area contributed by atoms with E-state index in [0.29, 0.717) is 0 Å². The summed E-state index contributed by atoms with van der Waals surface area (Å²) >= 11 is 0. The van der Waals surface area contributed by atoms with E-state index in [4.69, 9.17) is 0 Å². The Hall–Kier alpha value is -2.05. The van der Waals surface area contributed by atoms with Crippen molar-refractivity contribution < 1.29 is 32.2 Å². The Kier molecular flexibility index (Phi) is 4.18. The van der Waals surface area contributed by atoms with Gasteiger partial charge in [-0.15, -0.1) is 0 Å². The van der Waals surface area contributed by atoms with Gasteiger partial charge in [0.25, 0.3) is 0 Å². The summed E-state index contributed by atoms with van der Waals surface area (Å²) in [6, 6.07) is 7.32. The van der Waals surface area contributed by atoms with Crippen LogP contribution in [0.25, 0.3) is 0 Å². The van der Waals surface area contributed by atoms with Gasteiger partial charge in [-0.05, 0) is 6.92 Å². The highest BCUT2D eigenvalue weighted by molar-refractivity contribution is 5.86. The van der Waals surface area contributed by atoms with Crippen LogP contribution in [0.5, 0.6) is 0 Å². The zero-order chi connectivity index (χ0) is 14.7. The van der Waals surface area contributed by atoms with Crippen molar-refractivity contribution in [2.75, 3.05) is 7.11 Å². The van der Waals surface area contributed by atoms with E-state index in [1.54, 1.807) is 6.07 Å². The van der Waals surface area contributed by atoms with Gasteiger partial charge in [-0.2, -0.15) is 13.2 Å². The Balaban J connectivity index is 3.16. The minimum atomic E-state index is -5.19. The topological polar surface area (TPSA) is 52.6 Å². The molecule has 1 atom stereocenters. The summed E-state index contributed by atoms with van der Waals surface area (Å²) in [6.07, 6.45) is -5.19. The van der Waals surface area contributed by atoms with E-state index in [1.807, 2.05) is 0 Å². The van der Waals surface area contributed by atoms with Gasteiger partial charge in [-0.25, -0.2) is 9.59 Å². The highest BCUT2D eigenvalue weighted by Gasteiger charge is 2.49. The average Bonchev–Trinajstić information content (AvgIpc) is 2.37. The lowest BCUT2D eigenvalue weighted by Crippen LogP contribution is -2.42. The summed E-state index contributed by atoms with van der Waals surface area (Å²) in [7, 11) is 0.991. The molecule has 7 heteroatoms. The molecule has 0 saturated carbocycles. The van der Waals surface area contributed by atoms with Gasteiger partial charge >= 0.3 is 18.1 Å². The molecular weight excluding hydrogens is 265 g/mol. The van der Waals surface area contributed by atoms with Gasteiger partial charge in [0, 0.05) is 5.56 Å². The van der Waals surface area contributed by atoms with Crippen molar-refractivity contribution in [3.05, 3.63) is 35.9 Å². The standard InChI is InChI=1S/C12H11F3O4/c1-11(9(16)18-2,8-6-4-3-5-7-8)19-10(17)12(13,14)15/h3-7H,1-2H3/t11-/m1/s1. The Labute approximate surface area is 107 Å². The number of methoxy groups -OCH3 is 1. The van der Waals surface area contributed by atoms with Gasteiger partial charge in [-0.3, -0.25) is 0 Å². The monoisotopic (exact) mass is 276 g/mol. The van der Waals surface area contributed by atoms with E-state index >= 15 is 0 Å². The van der Waals surface area contributed by atoms with Crippen LogP contribution in [0.3, 0.4) is 0 Å². The van der Waals surface area contributed by atoms with Crippen LogP contribution in [0, 0.1) is 0 Å². The van der Waals surface area contributed by atoms with Gasteiger partial charge in [0.1, 0.15) is 0 Å². The third-order valence-electron chi connectivity index (χ3n) is 2.43. The highest BCUT2D eigenvalue weighted by Crippen LogP contribution is 2.30. The van der Waals surface area contributed by atoms with E-state index < -0.39 is 23.7 Å². The second-order valence-corrected chi connectivity index (χ2v) is 3.78. The van der Waals surface area contributed by atoms with Crippen molar-refractivity contribution in [1.29, 1.82) is 0 Å². The summed E-state index contributed by atoms with van der Waals surface area (Å²) in [5.41, 5.74) is -2.07. The SMILES string of the molecule is COC(=O)[C@](C)(OC(=O)C(F)(F)F)c1ccccc1. The number of carbonyl (C=O) groups is 2. The molecule has 0 spiro atoms. The minimum absolute atomic E-state index is 0.0828. The maximum atomic E-state index is 12.2. The first-order valence-electron chi connectivity index (χ1n) is 5.16. The van der Waals surface area contributed by atoms with Crippen LogP contribution in [0.1, 0.15) is 12.5 Å². The largest absolute Gasteiger partial charge is 0.490 e. The van der Waals surface area contributed by atoms with Crippen molar-refractivity contribution >= 4 is 11.9 Å². The van der Waals surface area contributed by atoms with Gasteiger partial charge < -0.3 is 9.47 Å². The smallest absolute Gasteiger partial charge is 0.466 e. The minimum Gasteiger partial charge on any atom is -0.466 e. The molecule has 0 aliphatic heterocycles. The molecule has 1 aromatic carbocycles. The van der Waals surface area contributed by atoms with E-state index in [-0.39, 0.29) is 5.56 Å². The number of halogens is 3. The fourth-order valence-electron chi connectivity index (χ4n) is 1.41. The number of hydrogen-bond acceptors (Lipinski definition) is 4. The summed E-state index contributed by atoms with van der Waals surface area (Å²) in [4.78, 5) is 22.5. The van der Waals surface area contributed by atoms with Gasteiger partial charge in [0.2, 0.25) is 5.60 Å². The summed E-state index contributed by atoms with van der Waals surface area (Å²) < 4.78 is 45.4. The molecular formula is C12H11F3O4. The molecule has 0 amide bonds. The van der Waals surface area contributed by atoms with Crippen LogP contribution in [-0.4, -0.2) is 25.2 Å². The van der Waals surface area contributed by atoms with E-state index in [2.05, 4.69) is 9.47 Å². The molecule has 0 saturated heterocycles. The molecule has 4 nitrogen and oxygen atoms in total. The van der Waals surface area contributed by atoms with Crippen molar-refractivity contribution in [3.8, 4) is 0 Å². The lowest BCUT2D eigenvalue weighted by molar-refractivity contribution is -0.218.